The first-order valence-corrected chi connectivity index (χ1v) is 19.0. The molecule has 0 spiro atoms. The molecule has 16 nitrogen and oxygen atoms in total. The van der Waals surface area contributed by atoms with Crippen LogP contribution in [0.15, 0.2) is 12.7 Å². The lowest BCUT2D eigenvalue weighted by molar-refractivity contribution is -0.153. The zero-order chi connectivity index (χ0) is 40.2. The Morgan fingerprint density at radius 3 is 2.30 bits per heavy atom. The van der Waals surface area contributed by atoms with Gasteiger partial charge < -0.3 is 36.2 Å². The summed E-state index contributed by atoms with van der Waals surface area (Å²) in [6, 6.07) is -4.68. The van der Waals surface area contributed by atoms with Crippen molar-refractivity contribution in [3.05, 3.63) is 12.7 Å². The van der Waals surface area contributed by atoms with Gasteiger partial charge in [-0.3, -0.25) is 33.7 Å². The maximum atomic E-state index is 14.4. The predicted octanol–water partition coefficient (Wildman–Crippen LogP) is 1.77. The number of nitrogens with zero attached hydrogens (tertiary/aromatic N) is 2. The molecule has 5 N–H and O–H groups in total. The molecule has 3 heterocycles. The number of urea groups is 1. The Morgan fingerprint density at radius 1 is 1.00 bits per heavy atom. The summed E-state index contributed by atoms with van der Waals surface area (Å²) in [5, 5.41) is 13.5. The molecule has 8 amide bonds. The van der Waals surface area contributed by atoms with Crippen LogP contribution in [0.3, 0.4) is 0 Å². The second-order valence-corrected chi connectivity index (χ2v) is 17.5. The maximum Gasteiger partial charge on any atom is 0.407 e. The predicted molar refractivity (Wildman–Crippen MR) is 197 cm³/mol. The maximum absolute atomic E-state index is 14.4. The summed E-state index contributed by atoms with van der Waals surface area (Å²) in [6.07, 6.45) is 2.38. The number of rotatable bonds is 8. The number of fused-ring (bicyclic) bond motifs is 3. The summed E-state index contributed by atoms with van der Waals surface area (Å²) in [7, 11) is 0. The molecule has 0 aromatic carbocycles. The summed E-state index contributed by atoms with van der Waals surface area (Å²) < 4.78 is 5.31. The lowest BCUT2D eigenvalue weighted by atomic mass is 9.80. The first-order valence-electron chi connectivity index (χ1n) is 19.0. The van der Waals surface area contributed by atoms with Crippen molar-refractivity contribution in [2.75, 3.05) is 32.8 Å². The first kappa shape index (κ1) is 42.2. The van der Waals surface area contributed by atoms with Crippen LogP contribution >= 0.6 is 0 Å². The van der Waals surface area contributed by atoms with E-state index in [1.54, 1.807) is 0 Å². The summed E-state index contributed by atoms with van der Waals surface area (Å²) >= 11 is 0. The van der Waals surface area contributed by atoms with Gasteiger partial charge in [0.15, 0.2) is 0 Å². The van der Waals surface area contributed by atoms with E-state index in [-0.39, 0.29) is 94.0 Å². The number of cyclic esters (lactones) is 1. The van der Waals surface area contributed by atoms with Gasteiger partial charge in [-0.15, -0.1) is 6.58 Å². The number of hydrogen-bond acceptors (Lipinski definition) is 9. The van der Waals surface area contributed by atoms with Crippen LogP contribution in [-0.4, -0.2) is 114 Å². The fourth-order valence-corrected chi connectivity index (χ4v) is 7.87. The third kappa shape index (κ3) is 10.2. The molecule has 0 unspecified atom stereocenters. The van der Waals surface area contributed by atoms with Gasteiger partial charge in [0.25, 0.3) is 5.91 Å². The molecular formula is C38H59N7O9. The van der Waals surface area contributed by atoms with E-state index in [4.69, 9.17) is 4.74 Å². The quantitative estimate of drug-likeness (QED) is 0.139. The monoisotopic (exact) mass is 757 g/mol. The van der Waals surface area contributed by atoms with Gasteiger partial charge in [-0.25, -0.2) is 9.59 Å². The fraction of sp³-hybridized carbons (Fsp3) is 0.737. The zero-order valence-corrected chi connectivity index (χ0v) is 32.8. The second kappa shape index (κ2) is 16.9. The average molecular weight is 758 g/mol. The molecule has 3 saturated heterocycles. The molecule has 54 heavy (non-hydrogen) atoms. The lowest BCUT2D eigenvalue weighted by Gasteiger charge is -2.40. The molecule has 4 fully saturated rings. The Labute approximate surface area is 317 Å². The molecule has 4 aliphatic rings. The van der Waals surface area contributed by atoms with E-state index < -0.39 is 70.6 Å². The third-order valence-electron chi connectivity index (χ3n) is 11.3. The highest BCUT2D eigenvalue weighted by Crippen LogP contribution is 2.65. The number of alkyl carbamates (subject to hydrolysis) is 1. The highest BCUT2D eigenvalue weighted by Gasteiger charge is 2.69. The fourth-order valence-electron chi connectivity index (χ4n) is 7.87. The Hall–Kier alpha value is -4.50. The van der Waals surface area contributed by atoms with E-state index in [1.807, 2.05) is 48.5 Å². The lowest BCUT2D eigenvalue weighted by Crippen LogP contribution is -2.61. The number of Topliss-reactive ketones (excluding diaryl/α,β-unsaturated/α-hetero) is 1. The highest BCUT2D eigenvalue weighted by atomic mass is 16.5. The molecule has 0 bridgehead atoms. The number of hydrogen-bond donors (Lipinski definition) is 5. The number of carbonyl (C=O) groups is 8. The van der Waals surface area contributed by atoms with Crippen molar-refractivity contribution in [1.82, 2.24) is 36.4 Å². The SMILES string of the molecule is C=CCNC(=O)C(=O)[C@@H]1CCCCNC(=O)OCCC[C@H](NC(=O)N[C@H](CN2C(=O)CC(C)(C)CC2=O)C(C)(C)C)C(=O)N2C[C@H]3[C@@H]([C@H]2C(=O)N1)C3(C)C. The van der Waals surface area contributed by atoms with Crippen molar-refractivity contribution in [3.63, 3.8) is 0 Å². The van der Waals surface area contributed by atoms with Crippen LogP contribution in [0, 0.1) is 28.1 Å². The Morgan fingerprint density at radius 2 is 1.67 bits per heavy atom. The van der Waals surface area contributed by atoms with E-state index in [2.05, 4.69) is 33.2 Å². The topological polar surface area (TPSA) is 212 Å². The third-order valence-corrected chi connectivity index (χ3v) is 11.3. The molecular weight excluding hydrogens is 698 g/mol. The molecule has 0 aromatic heterocycles. The molecule has 0 aromatic rings. The average Bonchev–Trinajstić information content (AvgIpc) is 3.37. The van der Waals surface area contributed by atoms with E-state index in [0.29, 0.717) is 12.8 Å². The minimum absolute atomic E-state index is 0.00999. The molecule has 4 rings (SSSR count). The van der Waals surface area contributed by atoms with Crippen LogP contribution in [0.2, 0.25) is 0 Å². The van der Waals surface area contributed by atoms with Gasteiger partial charge >= 0.3 is 12.1 Å². The van der Waals surface area contributed by atoms with Crippen molar-refractivity contribution in [3.8, 4) is 0 Å². The zero-order valence-electron chi connectivity index (χ0n) is 32.8. The number of likely N-dealkylation sites (tertiary alicyclic amines) is 1. The van der Waals surface area contributed by atoms with E-state index >= 15 is 0 Å². The standard InChI is InChI=1S/C38H59N7O9/c1-9-15-39-32(50)30(48)23-13-10-11-16-40-35(53)54-17-12-14-24(33(51)45-20-22-28(38(22,7)8)29(45)31(49)41-23)42-34(52)43-25(36(2,3)4)21-44-26(46)18-37(5,6)19-27(44)47/h9,22-25,28-29H,1,10-21H2,2-8H3,(H,39,50)(H,40,53)(H,41,49)(H2,42,43,52)/t22-,23-,24-,25+,28-,29-/m0/s1. The minimum atomic E-state index is -1.18. The van der Waals surface area contributed by atoms with Gasteiger partial charge in [0.2, 0.25) is 29.4 Å². The number of nitrogens with one attached hydrogen (secondary N) is 5. The van der Waals surface area contributed by atoms with Crippen LogP contribution < -0.4 is 26.6 Å². The molecule has 16 heteroatoms. The van der Waals surface area contributed by atoms with Gasteiger partial charge in [-0.05, 0) is 60.2 Å². The smallest absolute Gasteiger partial charge is 0.407 e. The summed E-state index contributed by atoms with van der Waals surface area (Å²) in [5.74, 6) is -3.66. The van der Waals surface area contributed by atoms with Crippen LogP contribution in [0.5, 0.6) is 0 Å². The Kier molecular flexibility index (Phi) is 13.2. The van der Waals surface area contributed by atoms with Gasteiger partial charge in [0.05, 0.1) is 18.7 Å². The van der Waals surface area contributed by atoms with Gasteiger partial charge in [-0.2, -0.15) is 0 Å². The molecule has 6 atom stereocenters. The Bertz CT molecular complexity index is 1500. The van der Waals surface area contributed by atoms with E-state index in [0.717, 1.165) is 0 Å². The molecule has 1 saturated carbocycles. The number of amides is 8. The number of ketones is 1. The highest BCUT2D eigenvalue weighted by molar-refractivity contribution is 6.38. The van der Waals surface area contributed by atoms with Gasteiger partial charge in [0.1, 0.15) is 12.1 Å². The van der Waals surface area contributed by atoms with Gasteiger partial charge in [-0.1, -0.05) is 54.5 Å². The second-order valence-electron chi connectivity index (χ2n) is 17.5. The van der Waals surface area contributed by atoms with Crippen LogP contribution in [0.4, 0.5) is 9.59 Å². The van der Waals surface area contributed by atoms with Gasteiger partial charge in [0, 0.05) is 39.0 Å². The summed E-state index contributed by atoms with van der Waals surface area (Å²) in [6.45, 7) is 17.3. The number of imide groups is 1. The summed E-state index contributed by atoms with van der Waals surface area (Å²) in [4.78, 5) is 109. The van der Waals surface area contributed by atoms with E-state index in [9.17, 15) is 38.4 Å². The number of carbonyl (C=O) groups excluding carboxylic acids is 8. The van der Waals surface area contributed by atoms with Crippen molar-refractivity contribution >= 4 is 47.4 Å². The first-order chi connectivity index (χ1) is 25.2. The van der Waals surface area contributed by atoms with Crippen molar-refractivity contribution < 1.29 is 43.1 Å². The molecule has 300 valence electrons. The van der Waals surface area contributed by atoms with Crippen LogP contribution in [0.1, 0.15) is 93.4 Å². The Balaban J connectivity index is 1.58. The molecule has 1 aliphatic carbocycles. The largest absolute Gasteiger partial charge is 0.450 e. The van der Waals surface area contributed by atoms with Crippen LogP contribution in [-0.2, 0) is 33.5 Å². The van der Waals surface area contributed by atoms with Crippen LogP contribution in [0.25, 0.3) is 0 Å². The van der Waals surface area contributed by atoms with Crippen molar-refractivity contribution in [2.24, 2.45) is 28.1 Å². The van der Waals surface area contributed by atoms with Crippen molar-refractivity contribution in [2.45, 2.75) is 118 Å². The molecule has 3 aliphatic heterocycles. The normalized spacial score (nSPS) is 28.2. The molecule has 0 radical (unpaired) electrons. The van der Waals surface area contributed by atoms with E-state index in [1.165, 1.54) is 15.9 Å². The number of piperidine rings is 2. The summed E-state index contributed by atoms with van der Waals surface area (Å²) in [5.41, 5.74) is -1.33. The minimum Gasteiger partial charge on any atom is -0.450 e. The van der Waals surface area contributed by atoms with Crippen molar-refractivity contribution in [1.29, 1.82) is 0 Å². The number of ether oxygens (including phenoxy) is 1.